The van der Waals surface area contributed by atoms with E-state index in [1.165, 1.54) is 0 Å². The minimum atomic E-state index is -0.0812. The average Bonchev–Trinajstić information content (AvgIpc) is 3.07. The Morgan fingerprint density at radius 1 is 1.05 bits per heavy atom. The molecule has 0 radical (unpaired) electrons. The van der Waals surface area contributed by atoms with Gasteiger partial charge < -0.3 is 15.5 Å². The first-order chi connectivity index (χ1) is 18.9. The molecular weight excluding hydrogens is 486 g/mol. The van der Waals surface area contributed by atoms with Crippen LogP contribution in [-0.4, -0.2) is 42.4 Å². The summed E-state index contributed by atoms with van der Waals surface area (Å²) in [6, 6.07) is 23.9. The van der Waals surface area contributed by atoms with Gasteiger partial charge in [0.25, 0.3) is 5.91 Å². The Labute approximate surface area is 230 Å². The minimum Gasteiger partial charge on any atom is -0.365 e. The van der Waals surface area contributed by atoms with E-state index in [2.05, 4.69) is 45.6 Å². The van der Waals surface area contributed by atoms with Gasteiger partial charge in [-0.25, -0.2) is 0 Å². The van der Waals surface area contributed by atoms with E-state index in [1.807, 2.05) is 62.4 Å². The van der Waals surface area contributed by atoms with Crippen molar-refractivity contribution in [2.45, 2.75) is 45.7 Å². The van der Waals surface area contributed by atoms with Crippen LogP contribution in [0, 0.1) is 17.2 Å². The van der Waals surface area contributed by atoms with E-state index in [-0.39, 0.29) is 29.8 Å². The maximum Gasteiger partial charge on any atom is 0.256 e. The molecule has 2 heterocycles. The zero-order valence-electron chi connectivity index (χ0n) is 22.8. The molecule has 0 spiro atoms. The summed E-state index contributed by atoms with van der Waals surface area (Å²) in [7, 11) is 0. The second-order valence-corrected chi connectivity index (χ2v) is 10.4. The third-order valence-corrected chi connectivity index (χ3v) is 8.08. The summed E-state index contributed by atoms with van der Waals surface area (Å²) in [6.45, 7) is 8.47. The fourth-order valence-corrected chi connectivity index (χ4v) is 5.98. The number of carbonyl (C=O) groups excluding carboxylic acids is 2. The van der Waals surface area contributed by atoms with E-state index >= 15 is 0 Å². The van der Waals surface area contributed by atoms with Crippen molar-refractivity contribution < 1.29 is 9.59 Å². The van der Waals surface area contributed by atoms with Crippen molar-refractivity contribution in [1.82, 2.24) is 4.90 Å². The largest absolute Gasteiger partial charge is 0.365 e. The van der Waals surface area contributed by atoms with Gasteiger partial charge in [0.2, 0.25) is 5.91 Å². The molecule has 2 amide bonds. The molecule has 200 valence electrons. The van der Waals surface area contributed by atoms with Gasteiger partial charge in [-0.15, -0.1) is 0 Å². The normalized spacial score (nSPS) is 18.9. The SMILES string of the molecule is CCC(CC)C(=O)Nc1ccc(N2CCN(C3c4ccccc4NC(=O)c4ccccc43)C[C@H]2C)c(C#N)c1. The molecule has 2 N–H and O–H groups in total. The number of hydrogen-bond donors (Lipinski definition) is 2. The first kappa shape index (κ1) is 26.5. The van der Waals surface area contributed by atoms with Crippen molar-refractivity contribution in [3.8, 4) is 6.07 Å². The summed E-state index contributed by atoms with van der Waals surface area (Å²) in [5.41, 5.74) is 5.73. The molecule has 39 heavy (non-hydrogen) atoms. The Bertz CT molecular complexity index is 1420. The summed E-state index contributed by atoms with van der Waals surface area (Å²) in [6.07, 6.45) is 1.57. The Morgan fingerprint density at radius 3 is 2.49 bits per heavy atom. The fourth-order valence-electron chi connectivity index (χ4n) is 5.98. The smallest absolute Gasteiger partial charge is 0.256 e. The van der Waals surface area contributed by atoms with Crippen LogP contribution in [0.2, 0.25) is 0 Å². The Kier molecular flexibility index (Phi) is 7.67. The quantitative estimate of drug-likeness (QED) is 0.428. The van der Waals surface area contributed by atoms with Crippen molar-refractivity contribution in [2.24, 2.45) is 5.92 Å². The number of amides is 2. The van der Waals surface area contributed by atoms with Gasteiger partial charge in [-0.05, 0) is 61.2 Å². The molecular formula is C32H35N5O2. The molecule has 2 aliphatic rings. The highest BCUT2D eigenvalue weighted by Gasteiger charge is 2.35. The van der Waals surface area contributed by atoms with Gasteiger partial charge in [-0.2, -0.15) is 5.26 Å². The molecule has 0 aromatic heterocycles. The van der Waals surface area contributed by atoms with Crippen molar-refractivity contribution in [3.05, 3.63) is 89.0 Å². The van der Waals surface area contributed by atoms with Crippen LogP contribution in [0.15, 0.2) is 66.7 Å². The van der Waals surface area contributed by atoms with Crippen LogP contribution in [0.5, 0.6) is 0 Å². The summed E-state index contributed by atoms with van der Waals surface area (Å²) < 4.78 is 0. The first-order valence-corrected chi connectivity index (χ1v) is 13.8. The van der Waals surface area contributed by atoms with Gasteiger partial charge in [-0.1, -0.05) is 50.2 Å². The molecule has 7 nitrogen and oxygen atoms in total. The number of nitrogens with zero attached hydrogens (tertiary/aromatic N) is 3. The highest BCUT2D eigenvalue weighted by molar-refractivity contribution is 6.07. The van der Waals surface area contributed by atoms with Crippen molar-refractivity contribution in [1.29, 1.82) is 5.26 Å². The Hall–Kier alpha value is -4.15. The van der Waals surface area contributed by atoms with Crippen LogP contribution in [0.4, 0.5) is 17.1 Å². The Balaban J connectivity index is 1.40. The number of hydrogen-bond acceptors (Lipinski definition) is 5. The highest BCUT2D eigenvalue weighted by atomic mass is 16.2. The molecule has 7 heteroatoms. The van der Waals surface area contributed by atoms with E-state index in [0.717, 1.165) is 55.0 Å². The topological polar surface area (TPSA) is 88.5 Å². The third kappa shape index (κ3) is 5.13. The zero-order chi connectivity index (χ0) is 27.5. The van der Waals surface area contributed by atoms with Crippen LogP contribution in [0.3, 0.4) is 0 Å². The number of rotatable bonds is 6. The summed E-state index contributed by atoms with van der Waals surface area (Å²) in [4.78, 5) is 30.3. The molecule has 3 aromatic rings. The summed E-state index contributed by atoms with van der Waals surface area (Å²) >= 11 is 0. The van der Waals surface area contributed by atoms with Crippen molar-refractivity contribution in [3.63, 3.8) is 0 Å². The number of benzene rings is 3. The maximum absolute atomic E-state index is 13.0. The molecule has 3 aromatic carbocycles. The predicted octanol–water partition coefficient (Wildman–Crippen LogP) is 5.80. The van der Waals surface area contributed by atoms with Crippen LogP contribution < -0.4 is 15.5 Å². The number of nitrogens with one attached hydrogen (secondary N) is 2. The number of anilines is 3. The van der Waals surface area contributed by atoms with Crippen LogP contribution in [0.25, 0.3) is 0 Å². The molecule has 2 atom stereocenters. The number of para-hydroxylation sites is 1. The number of nitriles is 1. The second-order valence-electron chi connectivity index (χ2n) is 10.4. The lowest BCUT2D eigenvalue weighted by molar-refractivity contribution is -0.120. The third-order valence-electron chi connectivity index (χ3n) is 8.08. The van der Waals surface area contributed by atoms with E-state index in [4.69, 9.17) is 0 Å². The average molecular weight is 522 g/mol. The van der Waals surface area contributed by atoms with E-state index in [1.54, 1.807) is 6.07 Å². The predicted molar refractivity (Wildman–Crippen MR) is 155 cm³/mol. The summed E-state index contributed by atoms with van der Waals surface area (Å²) in [5.74, 6) is -0.120. The number of fused-ring (bicyclic) bond motifs is 2. The van der Waals surface area contributed by atoms with Crippen LogP contribution in [0.1, 0.15) is 66.7 Å². The molecule has 0 aliphatic carbocycles. The van der Waals surface area contributed by atoms with Gasteiger partial charge in [-0.3, -0.25) is 14.5 Å². The lowest BCUT2D eigenvalue weighted by Gasteiger charge is -2.45. The molecule has 0 saturated carbocycles. The van der Waals surface area contributed by atoms with Gasteiger partial charge in [0, 0.05) is 48.5 Å². The molecule has 2 aliphatic heterocycles. The zero-order valence-corrected chi connectivity index (χ0v) is 22.8. The molecule has 1 saturated heterocycles. The second kappa shape index (κ2) is 11.3. The Morgan fingerprint density at radius 2 is 1.77 bits per heavy atom. The first-order valence-electron chi connectivity index (χ1n) is 13.8. The minimum absolute atomic E-state index is 0.00411. The summed E-state index contributed by atoms with van der Waals surface area (Å²) in [5, 5.41) is 16.1. The van der Waals surface area contributed by atoms with Gasteiger partial charge >= 0.3 is 0 Å². The lowest BCUT2D eigenvalue weighted by Crippen LogP contribution is -2.53. The lowest BCUT2D eigenvalue weighted by atomic mass is 9.92. The number of carbonyl (C=O) groups is 2. The molecule has 1 unspecified atom stereocenters. The molecule has 5 rings (SSSR count). The standard InChI is InChI=1S/C32H35N5O2/c1-4-22(5-2)31(38)34-24-14-15-29(23(18-24)19-33)37-17-16-36(20-21(37)3)30-25-10-6-7-11-26(25)32(39)35-28-13-9-8-12-27(28)30/h6-15,18,21-22,30H,4-5,16-17,20H2,1-3H3,(H,34,38)(H,35,39)/t21-,30?/m1/s1. The van der Waals surface area contributed by atoms with E-state index in [0.29, 0.717) is 16.8 Å². The van der Waals surface area contributed by atoms with Gasteiger partial charge in [0.05, 0.1) is 17.3 Å². The highest BCUT2D eigenvalue weighted by Crippen LogP contribution is 2.39. The van der Waals surface area contributed by atoms with Gasteiger partial charge in [0.15, 0.2) is 0 Å². The fraction of sp³-hybridized carbons (Fsp3) is 0.344. The van der Waals surface area contributed by atoms with Crippen molar-refractivity contribution in [2.75, 3.05) is 35.2 Å². The van der Waals surface area contributed by atoms with Crippen molar-refractivity contribution >= 4 is 28.9 Å². The monoisotopic (exact) mass is 521 g/mol. The molecule has 0 bridgehead atoms. The van der Waals surface area contributed by atoms with E-state index in [9.17, 15) is 14.9 Å². The van der Waals surface area contributed by atoms with Crippen LogP contribution >= 0.6 is 0 Å². The van der Waals surface area contributed by atoms with E-state index < -0.39 is 0 Å². The number of piperazine rings is 1. The van der Waals surface area contributed by atoms with Crippen LogP contribution in [-0.2, 0) is 4.79 Å². The molecule has 1 fully saturated rings. The van der Waals surface area contributed by atoms with Gasteiger partial charge in [0.1, 0.15) is 6.07 Å². The maximum atomic E-state index is 13.0.